The van der Waals surface area contributed by atoms with E-state index in [9.17, 15) is 14.7 Å². The van der Waals surface area contributed by atoms with E-state index in [2.05, 4.69) is 0 Å². The molecule has 28 heavy (non-hydrogen) atoms. The van der Waals surface area contributed by atoms with E-state index >= 15 is 4.39 Å². The first-order valence-corrected chi connectivity index (χ1v) is 9.66. The number of carbonyl (C=O) groups is 1. The molecule has 2 aliphatic carbocycles. The molecule has 3 aliphatic rings. The Balaban J connectivity index is 1.81. The van der Waals surface area contributed by atoms with Crippen molar-refractivity contribution < 1.29 is 14.3 Å². The topological polar surface area (TPSA) is 114 Å². The lowest BCUT2D eigenvalue weighted by Crippen LogP contribution is -2.31. The van der Waals surface area contributed by atoms with Crippen LogP contribution in [0.1, 0.15) is 53.1 Å². The fourth-order valence-electron chi connectivity index (χ4n) is 4.83. The van der Waals surface area contributed by atoms with Gasteiger partial charge in [-0.25, -0.2) is 9.18 Å². The molecule has 3 fully saturated rings. The molecule has 5 rings (SSSR count). The summed E-state index contributed by atoms with van der Waals surface area (Å²) in [7, 11) is 0. The van der Waals surface area contributed by atoms with Gasteiger partial charge in [-0.15, -0.1) is 0 Å². The Morgan fingerprint density at radius 2 is 2.04 bits per heavy atom. The van der Waals surface area contributed by atoms with Gasteiger partial charge in [-0.05, 0) is 50.2 Å². The second kappa shape index (κ2) is 5.47. The van der Waals surface area contributed by atoms with Crippen LogP contribution >= 0.6 is 0 Å². The Hall–Kier alpha value is -2.61. The molecule has 1 aliphatic heterocycles. The molecule has 5 N–H and O–H groups in total. The van der Waals surface area contributed by atoms with Gasteiger partial charge >= 0.3 is 5.97 Å². The van der Waals surface area contributed by atoms with Crippen LogP contribution in [0.4, 0.5) is 15.9 Å². The average Bonchev–Trinajstić information content (AvgIpc) is 3.53. The predicted molar refractivity (Wildman–Crippen MR) is 104 cm³/mol. The van der Waals surface area contributed by atoms with Gasteiger partial charge in [0.2, 0.25) is 0 Å². The highest BCUT2D eigenvalue weighted by Crippen LogP contribution is 2.54. The molecule has 148 valence electrons. The maximum atomic E-state index is 15.4. The molecule has 0 amide bonds. The lowest BCUT2D eigenvalue weighted by molar-refractivity contribution is 0.0694. The molecule has 2 saturated carbocycles. The van der Waals surface area contributed by atoms with Gasteiger partial charge in [0.15, 0.2) is 5.82 Å². The quantitative estimate of drug-likeness (QED) is 0.742. The molecule has 0 radical (unpaired) electrons. The molecule has 1 spiro atoms. The van der Waals surface area contributed by atoms with Crippen molar-refractivity contribution in [3.05, 3.63) is 38.9 Å². The van der Waals surface area contributed by atoms with Crippen molar-refractivity contribution in [3.8, 4) is 0 Å². The molecular weight excluding hydrogens is 363 g/mol. The van der Waals surface area contributed by atoms with Gasteiger partial charge < -0.3 is 21.5 Å². The van der Waals surface area contributed by atoms with E-state index in [0.29, 0.717) is 29.9 Å². The normalized spacial score (nSPS) is 23.0. The van der Waals surface area contributed by atoms with Gasteiger partial charge in [0, 0.05) is 30.1 Å². The van der Waals surface area contributed by atoms with E-state index < -0.39 is 17.3 Å². The minimum atomic E-state index is -1.33. The molecule has 7 nitrogen and oxygen atoms in total. The molecule has 1 unspecified atom stereocenters. The van der Waals surface area contributed by atoms with E-state index in [1.165, 1.54) is 6.07 Å². The summed E-state index contributed by atoms with van der Waals surface area (Å²) in [5.74, 6) is -2.18. The average molecular weight is 386 g/mol. The van der Waals surface area contributed by atoms with E-state index in [0.717, 1.165) is 35.6 Å². The van der Waals surface area contributed by atoms with Crippen molar-refractivity contribution in [2.24, 2.45) is 11.1 Å². The van der Waals surface area contributed by atoms with E-state index in [-0.39, 0.29) is 28.8 Å². The van der Waals surface area contributed by atoms with E-state index in [1.807, 2.05) is 4.90 Å². The van der Waals surface area contributed by atoms with Gasteiger partial charge in [0.05, 0.1) is 11.2 Å². The monoisotopic (exact) mass is 386 g/mol. The minimum absolute atomic E-state index is 0.0109. The number of nitrogen functional groups attached to an aromatic ring is 1. The molecule has 2 aromatic heterocycles. The number of halogens is 1. The number of hydrogen-bond acceptors (Lipinski definition) is 5. The van der Waals surface area contributed by atoms with Crippen LogP contribution in [0, 0.1) is 18.2 Å². The van der Waals surface area contributed by atoms with E-state index in [4.69, 9.17) is 11.5 Å². The van der Waals surface area contributed by atoms with Crippen molar-refractivity contribution in [1.29, 1.82) is 0 Å². The smallest absolute Gasteiger partial charge is 0.341 e. The number of carboxylic acid groups (broad SMARTS) is 1. The first-order valence-electron chi connectivity index (χ1n) is 9.66. The van der Waals surface area contributed by atoms with Gasteiger partial charge in [-0.3, -0.25) is 9.20 Å². The van der Waals surface area contributed by atoms with Crippen LogP contribution in [0.5, 0.6) is 0 Å². The Bertz CT molecular complexity index is 1100. The molecule has 0 bridgehead atoms. The molecule has 2 aromatic rings. The van der Waals surface area contributed by atoms with Crippen molar-refractivity contribution in [2.45, 2.75) is 44.6 Å². The lowest BCUT2D eigenvalue weighted by atomic mass is 10.0. The first kappa shape index (κ1) is 17.5. The molecular formula is C20H23FN4O3. The number of aromatic nitrogens is 1. The number of rotatable bonds is 3. The molecule has 3 heterocycles. The fourth-order valence-corrected chi connectivity index (χ4v) is 4.83. The largest absolute Gasteiger partial charge is 0.477 e. The predicted octanol–water partition coefficient (Wildman–Crippen LogP) is 1.83. The van der Waals surface area contributed by atoms with Gasteiger partial charge in [-0.1, -0.05) is 0 Å². The summed E-state index contributed by atoms with van der Waals surface area (Å²) in [6.45, 7) is 3.00. The fraction of sp³-hybridized carbons (Fsp3) is 0.500. The molecule has 1 atom stereocenters. The van der Waals surface area contributed by atoms with E-state index in [1.54, 1.807) is 6.92 Å². The number of hydrogen-bond donors (Lipinski definition) is 3. The second-order valence-electron chi connectivity index (χ2n) is 8.60. The van der Waals surface area contributed by atoms with Crippen LogP contribution in [0.2, 0.25) is 0 Å². The molecule has 8 heteroatoms. The van der Waals surface area contributed by atoms with Crippen LogP contribution in [0.25, 0.3) is 5.52 Å². The zero-order valence-corrected chi connectivity index (χ0v) is 15.7. The molecule has 0 aromatic carbocycles. The SMILES string of the molecule is Cc1c(N2CC(N)C3(CC3)C2)c(F)c(N)n2c(=O)c(C(=O)O)cc(C3CC3)c12. The summed E-state index contributed by atoms with van der Waals surface area (Å²) in [5, 5.41) is 9.43. The van der Waals surface area contributed by atoms with Crippen molar-refractivity contribution in [2.75, 3.05) is 23.7 Å². The van der Waals surface area contributed by atoms with Crippen LogP contribution in [0.3, 0.4) is 0 Å². The standard InChI is InChI=1S/C20H23FN4O3/c1-9-15-11(10-2-3-10)6-12(19(27)28)18(26)25(15)17(23)14(21)16(9)24-7-13(22)20(8-24)4-5-20/h6,10,13H,2-5,7-8,22-23H2,1H3,(H,27,28). The van der Waals surface area contributed by atoms with Gasteiger partial charge in [0.1, 0.15) is 11.4 Å². The third-order valence-corrected chi connectivity index (χ3v) is 6.78. The zero-order chi connectivity index (χ0) is 20.0. The van der Waals surface area contributed by atoms with Gasteiger partial charge in [0.25, 0.3) is 5.56 Å². The number of anilines is 2. The highest BCUT2D eigenvalue weighted by atomic mass is 19.1. The summed E-state index contributed by atoms with van der Waals surface area (Å²) in [5.41, 5.74) is 13.6. The summed E-state index contributed by atoms with van der Waals surface area (Å²) in [6, 6.07) is 1.44. The number of aryl methyl sites for hydroxylation is 1. The maximum Gasteiger partial charge on any atom is 0.341 e. The first-order chi connectivity index (χ1) is 13.2. The summed E-state index contributed by atoms with van der Waals surface area (Å²) >= 11 is 0. The number of pyridine rings is 2. The van der Waals surface area contributed by atoms with Crippen molar-refractivity contribution in [3.63, 3.8) is 0 Å². The van der Waals surface area contributed by atoms with Gasteiger partial charge in [-0.2, -0.15) is 0 Å². The Morgan fingerprint density at radius 1 is 1.36 bits per heavy atom. The summed E-state index contributed by atoms with van der Waals surface area (Å²) in [6.07, 6.45) is 3.92. The third kappa shape index (κ3) is 2.24. The Morgan fingerprint density at radius 3 is 2.57 bits per heavy atom. The zero-order valence-electron chi connectivity index (χ0n) is 15.7. The number of nitrogens with zero attached hydrogens (tertiary/aromatic N) is 2. The summed E-state index contributed by atoms with van der Waals surface area (Å²) < 4.78 is 16.4. The van der Waals surface area contributed by atoms with Crippen LogP contribution in [-0.4, -0.2) is 34.6 Å². The maximum absolute atomic E-state index is 15.4. The van der Waals surface area contributed by atoms with Crippen molar-refractivity contribution >= 4 is 23.0 Å². The van der Waals surface area contributed by atoms with Crippen LogP contribution in [0.15, 0.2) is 10.9 Å². The van der Waals surface area contributed by atoms with Crippen molar-refractivity contribution in [1.82, 2.24) is 4.40 Å². The van der Waals surface area contributed by atoms with Crippen LogP contribution in [-0.2, 0) is 0 Å². The number of aromatic carboxylic acids is 1. The minimum Gasteiger partial charge on any atom is -0.477 e. The molecule has 1 saturated heterocycles. The number of fused-ring (bicyclic) bond motifs is 1. The Labute approximate surface area is 160 Å². The second-order valence-corrected chi connectivity index (χ2v) is 8.60. The Kier molecular flexibility index (Phi) is 3.42. The third-order valence-electron chi connectivity index (χ3n) is 6.78. The van der Waals surface area contributed by atoms with Crippen LogP contribution < -0.4 is 21.9 Å². The number of carboxylic acids is 1. The lowest BCUT2D eigenvalue weighted by Gasteiger charge is -2.25. The number of nitrogens with two attached hydrogens (primary N) is 2. The summed E-state index contributed by atoms with van der Waals surface area (Å²) in [4.78, 5) is 26.3. The highest BCUT2D eigenvalue weighted by Gasteiger charge is 2.54. The highest BCUT2D eigenvalue weighted by molar-refractivity contribution is 5.89.